The molecule has 20 heavy (non-hydrogen) atoms. The van der Waals surface area contributed by atoms with E-state index in [9.17, 15) is 0 Å². The minimum absolute atomic E-state index is 0.220. The standard InChI is InChI=1S/C16H20ClNOS/c1-5-19-16-7-6-13(17)9-15(16)18-11(3)14-8-10(2)20-12(14)4/h6-9,11,18H,5H2,1-4H3. The molecule has 1 unspecified atom stereocenters. The molecule has 2 aromatic rings. The molecule has 0 bridgehead atoms. The first-order valence-electron chi connectivity index (χ1n) is 6.77. The van der Waals surface area contributed by atoms with Gasteiger partial charge in [-0.1, -0.05) is 11.6 Å². The Labute approximate surface area is 129 Å². The van der Waals surface area contributed by atoms with Crippen molar-refractivity contribution in [2.24, 2.45) is 0 Å². The van der Waals surface area contributed by atoms with E-state index >= 15 is 0 Å². The summed E-state index contributed by atoms with van der Waals surface area (Å²) in [5.41, 5.74) is 2.27. The van der Waals surface area contributed by atoms with Crippen molar-refractivity contribution >= 4 is 28.6 Å². The summed E-state index contributed by atoms with van der Waals surface area (Å²) in [5.74, 6) is 0.841. The predicted octanol–water partition coefficient (Wildman–Crippen LogP) is 5.59. The van der Waals surface area contributed by atoms with Crippen LogP contribution in [0.4, 0.5) is 5.69 Å². The molecule has 1 N–H and O–H groups in total. The van der Waals surface area contributed by atoms with Gasteiger partial charge >= 0.3 is 0 Å². The average molecular weight is 310 g/mol. The van der Waals surface area contributed by atoms with Gasteiger partial charge in [-0.05, 0) is 57.5 Å². The van der Waals surface area contributed by atoms with Crippen molar-refractivity contribution in [2.45, 2.75) is 33.7 Å². The topological polar surface area (TPSA) is 21.3 Å². The number of benzene rings is 1. The lowest BCUT2D eigenvalue weighted by Crippen LogP contribution is -2.08. The highest BCUT2D eigenvalue weighted by atomic mass is 35.5. The number of halogens is 1. The van der Waals surface area contributed by atoms with Gasteiger partial charge in [-0.2, -0.15) is 0 Å². The molecule has 0 saturated heterocycles. The summed E-state index contributed by atoms with van der Waals surface area (Å²) in [7, 11) is 0. The summed E-state index contributed by atoms with van der Waals surface area (Å²) in [6.07, 6.45) is 0. The van der Waals surface area contributed by atoms with Gasteiger partial charge in [0.05, 0.1) is 12.3 Å². The average Bonchev–Trinajstić information content (AvgIpc) is 2.72. The van der Waals surface area contributed by atoms with Crippen LogP contribution >= 0.6 is 22.9 Å². The fourth-order valence-electron chi connectivity index (χ4n) is 2.29. The number of hydrogen-bond acceptors (Lipinski definition) is 3. The maximum atomic E-state index is 6.09. The number of nitrogens with one attached hydrogen (secondary N) is 1. The van der Waals surface area contributed by atoms with E-state index in [1.807, 2.05) is 36.5 Å². The summed E-state index contributed by atoms with van der Waals surface area (Å²) in [5, 5.41) is 4.21. The van der Waals surface area contributed by atoms with Crippen LogP contribution in [0.5, 0.6) is 5.75 Å². The van der Waals surface area contributed by atoms with Gasteiger partial charge in [-0.15, -0.1) is 11.3 Å². The monoisotopic (exact) mass is 309 g/mol. The highest BCUT2D eigenvalue weighted by Crippen LogP contribution is 2.33. The third-order valence-electron chi connectivity index (χ3n) is 3.16. The van der Waals surface area contributed by atoms with Gasteiger partial charge in [-0.3, -0.25) is 0 Å². The zero-order valence-corrected chi connectivity index (χ0v) is 13.9. The molecule has 0 aliphatic rings. The second-order valence-electron chi connectivity index (χ2n) is 4.81. The predicted molar refractivity (Wildman–Crippen MR) is 88.5 cm³/mol. The number of thiophene rings is 1. The van der Waals surface area contributed by atoms with Crippen LogP contribution in [0.2, 0.25) is 5.02 Å². The molecule has 108 valence electrons. The van der Waals surface area contributed by atoms with E-state index in [1.165, 1.54) is 15.3 Å². The Balaban J connectivity index is 2.24. The molecule has 0 fully saturated rings. The van der Waals surface area contributed by atoms with Crippen LogP contribution in [-0.2, 0) is 0 Å². The molecule has 0 radical (unpaired) electrons. The summed E-state index contributed by atoms with van der Waals surface area (Å²) >= 11 is 7.92. The van der Waals surface area contributed by atoms with Crippen LogP contribution in [0.15, 0.2) is 24.3 Å². The number of aryl methyl sites for hydroxylation is 2. The number of anilines is 1. The Morgan fingerprint density at radius 1 is 1.30 bits per heavy atom. The van der Waals surface area contributed by atoms with Crippen molar-refractivity contribution in [1.82, 2.24) is 0 Å². The fourth-order valence-corrected chi connectivity index (χ4v) is 3.48. The summed E-state index contributed by atoms with van der Waals surface area (Å²) in [6, 6.07) is 8.13. The molecule has 2 nitrogen and oxygen atoms in total. The lowest BCUT2D eigenvalue weighted by molar-refractivity contribution is 0.341. The first kappa shape index (κ1) is 15.2. The molecule has 1 atom stereocenters. The first-order valence-corrected chi connectivity index (χ1v) is 7.96. The summed E-state index contributed by atoms with van der Waals surface area (Å²) in [4.78, 5) is 2.68. The van der Waals surface area contributed by atoms with Gasteiger partial charge < -0.3 is 10.1 Å². The van der Waals surface area contributed by atoms with Gasteiger partial charge in [0.1, 0.15) is 5.75 Å². The Hall–Kier alpha value is -1.19. The van der Waals surface area contributed by atoms with Crippen molar-refractivity contribution in [3.05, 3.63) is 44.6 Å². The molecule has 2 rings (SSSR count). The lowest BCUT2D eigenvalue weighted by Gasteiger charge is -2.18. The molecule has 0 amide bonds. The highest BCUT2D eigenvalue weighted by Gasteiger charge is 2.13. The van der Waals surface area contributed by atoms with Gasteiger partial charge in [0, 0.05) is 20.8 Å². The Kier molecular flexibility index (Phi) is 4.95. The van der Waals surface area contributed by atoms with Gasteiger partial charge in [-0.25, -0.2) is 0 Å². The van der Waals surface area contributed by atoms with Crippen LogP contribution in [0.25, 0.3) is 0 Å². The Morgan fingerprint density at radius 2 is 2.05 bits per heavy atom. The number of ether oxygens (including phenoxy) is 1. The molecule has 0 saturated carbocycles. The zero-order chi connectivity index (χ0) is 14.7. The second-order valence-corrected chi connectivity index (χ2v) is 6.70. The second kappa shape index (κ2) is 6.51. The molecule has 1 aromatic heterocycles. The van der Waals surface area contributed by atoms with Crippen LogP contribution in [0.3, 0.4) is 0 Å². The Morgan fingerprint density at radius 3 is 2.65 bits per heavy atom. The molecule has 4 heteroatoms. The highest BCUT2D eigenvalue weighted by molar-refractivity contribution is 7.12. The third-order valence-corrected chi connectivity index (χ3v) is 4.38. The molecule has 0 spiro atoms. The van der Waals surface area contributed by atoms with Crippen molar-refractivity contribution < 1.29 is 4.74 Å². The van der Waals surface area contributed by atoms with E-state index in [0.29, 0.717) is 11.6 Å². The number of hydrogen-bond donors (Lipinski definition) is 1. The molecular weight excluding hydrogens is 290 g/mol. The molecule has 1 heterocycles. The smallest absolute Gasteiger partial charge is 0.142 e. The molecule has 0 aliphatic carbocycles. The first-order chi connectivity index (χ1) is 9.51. The van der Waals surface area contributed by atoms with Crippen molar-refractivity contribution in [3.8, 4) is 5.75 Å². The SMILES string of the molecule is CCOc1ccc(Cl)cc1NC(C)c1cc(C)sc1C. The van der Waals surface area contributed by atoms with Crippen LogP contribution in [0, 0.1) is 13.8 Å². The minimum Gasteiger partial charge on any atom is -0.492 e. The van der Waals surface area contributed by atoms with E-state index in [2.05, 4.69) is 32.2 Å². The Bertz CT molecular complexity index is 594. The van der Waals surface area contributed by atoms with Crippen molar-refractivity contribution in [2.75, 3.05) is 11.9 Å². The van der Waals surface area contributed by atoms with Gasteiger partial charge in [0.15, 0.2) is 0 Å². The number of rotatable bonds is 5. The fraction of sp³-hybridized carbons (Fsp3) is 0.375. The quantitative estimate of drug-likeness (QED) is 0.777. The normalized spacial score (nSPS) is 12.2. The largest absolute Gasteiger partial charge is 0.492 e. The van der Waals surface area contributed by atoms with E-state index < -0.39 is 0 Å². The van der Waals surface area contributed by atoms with Crippen LogP contribution in [-0.4, -0.2) is 6.61 Å². The summed E-state index contributed by atoms with van der Waals surface area (Å²) < 4.78 is 5.65. The van der Waals surface area contributed by atoms with E-state index in [4.69, 9.17) is 16.3 Å². The van der Waals surface area contributed by atoms with E-state index in [1.54, 1.807) is 0 Å². The van der Waals surface area contributed by atoms with Crippen LogP contribution < -0.4 is 10.1 Å². The maximum Gasteiger partial charge on any atom is 0.142 e. The van der Waals surface area contributed by atoms with E-state index in [-0.39, 0.29) is 6.04 Å². The maximum absolute atomic E-state index is 6.09. The third kappa shape index (κ3) is 3.47. The van der Waals surface area contributed by atoms with Gasteiger partial charge in [0.2, 0.25) is 0 Å². The minimum atomic E-state index is 0.220. The summed E-state index contributed by atoms with van der Waals surface area (Å²) in [6.45, 7) is 9.08. The van der Waals surface area contributed by atoms with E-state index in [0.717, 1.165) is 11.4 Å². The van der Waals surface area contributed by atoms with Gasteiger partial charge in [0.25, 0.3) is 0 Å². The van der Waals surface area contributed by atoms with Crippen molar-refractivity contribution in [3.63, 3.8) is 0 Å². The molecule has 0 aliphatic heterocycles. The lowest BCUT2D eigenvalue weighted by atomic mass is 10.1. The molecular formula is C16H20ClNOS. The van der Waals surface area contributed by atoms with Crippen molar-refractivity contribution in [1.29, 1.82) is 0 Å². The zero-order valence-electron chi connectivity index (χ0n) is 12.3. The van der Waals surface area contributed by atoms with Crippen LogP contribution in [0.1, 0.15) is 35.2 Å². The molecule has 1 aromatic carbocycles.